The van der Waals surface area contributed by atoms with Crippen LogP contribution in [0.2, 0.25) is 0 Å². The summed E-state index contributed by atoms with van der Waals surface area (Å²) in [4.78, 5) is 12.7. The van der Waals surface area contributed by atoms with Gasteiger partial charge in [-0.2, -0.15) is 5.26 Å². The van der Waals surface area contributed by atoms with E-state index in [1.54, 1.807) is 37.5 Å². The van der Waals surface area contributed by atoms with Crippen LogP contribution in [-0.2, 0) is 11.2 Å². The maximum Gasteiger partial charge on any atom is 0.266 e. The van der Waals surface area contributed by atoms with E-state index in [1.807, 2.05) is 55.5 Å². The van der Waals surface area contributed by atoms with Gasteiger partial charge in [-0.25, -0.2) is 0 Å². The first kappa shape index (κ1) is 23.1. The minimum atomic E-state index is -0.473. The van der Waals surface area contributed by atoms with Crippen molar-refractivity contribution in [3.8, 4) is 17.6 Å². The molecule has 0 radical (unpaired) electrons. The number of hydrogen-bond acceptors (Lipinski definition) is 4. The first-order valence-corrected chi connectivity index (χ1v) is 10.9. The molecule has 1 N–H and O–H groups in total. The van der Waals surface area contributed by atoms with Gasteiger partial charge in [0.05, 0.1) is 13.7 Å². The fraction of sp³-hybridized carbons (Fsp3) is 0.154. The normalized spacial score (nSPS) is 10.9. The molecule has 6 heteroatoms. The Morgan fingerprint density at radius 2 is 1.78 bits per heavy atom. The van der Waals surface area contributed by atoms with E-state index in [0.29, 0.717) is 24.5 Å². The number of carbonyl (C=O) groups excluding carboxylic acids is 1. The Morgan fingerprint density at radius 1 is 1.06 bits per heavy atom. The Labute approximate surface area is 196 Å². The number of rotatable bonds is 8. The van der Waals surface area contributed by atoms with Gasteiger partial charge in [-0.1, -0.05) is 40.2 Å². The minimum Gasteiger partial charge on any atom is -0.497 e. The summed E-state index contributed by atoms with van der Waals surface area (Å²) in [5.74, 6) is 0.956. The largest absolute Gasteiger partial charge is 0.497 e. The van der Waals surface area contributed by atoms with E-state index in [9.17, 15) is 10.1 Å². The smallest absolute Gasteiger partial charge is 0.266 e. The SMILES string of the molecule is CCOc1ccc(NC(=O)/C(C#N)=C/c2ccc(OC)cc2Cc2ccccc2Br)cc1. The van der Waals surface area contributed by atoms with Crippen molar-refractivity contribution >= 4 is 33.6 Å². The number of nitrogens with zero attached hydrogens (tertiary/aromatic N) is 1. The third-order valence-electron chi connectivity index (χ3n) is 4.78. The van der Waals surface area contributed by atoms with Crippen LogP contribution in [0.25, 0.3) is 6.08 Å². The van der Waals surface area contributed by atoms with Crippen LogP contribution in [0.5, 0.6) is 11.5 Å². The predicted octanol–water partition coefficient (Wildman–Crippen LogP) is 5.99. The zero-order chi connectivity index (χ0) is 22.9. The number of nitrogens with one attached hydrogen (secondary N) is 1. The van der Waals surface area contributed by atoms with Gasteiger partial charge in [0.2, 0.25) is 0 Å². The van der Waals surface area contributed by atoms with Crippen molar-refractivity contribution in [2.75, 3.05) is 19.0 Å². The Bertz CT molecular complexity index is 1160. The summed E-state index contributed by atoms with van der Waals surface area (Å²) in [5, 5.41) is 12.4. The first-order chi connectivity index (χ1) is 15.5. The monoisotopic (exact) mass is 490 g/mol. The van der Waals surface area contributed by atoms with Crippen LogP contribution in [0.1, 0.15) is 23.6 Å². The molecule has 162 valence electrons. The number of carbonyl (C=O) groups is 1. The van der Waals surface area contributed by atoms with Gasteiger partial charge in [-0.05, 0) is 78.6 Å². The van der Waals surface area contributed by atoms with Crippen molar-refractivity contribution in [3.05, 3.63) is 93.5 Å². The second-order valence-corrected chi connectivity index (χ2v) is 7.77. The third-order valence-corrected chi connectivity index (χ3v) is 5.55. The Kier molecular flexibility index (Phi) is 8.07. The molecule has 0 fully saturated rings. The highest BCUT2D eigenvalue weighted by atomic mass is 79.9. The lowest BCUT2D eigenvalue weighted by atomic mass is 9.97. The zero-order valence-electron chi connectivity index (χ0n) is 17.9. The third kappa shape index (κ3) is 5.99. The fourth-order valence-electron chi connectivity index (χ4n) is 3.15. The lowest BCUT2D eigenvalue weighted by molar-refractivity contribution is -0.112. The maximum atomic E-state index is 12.7. The number of amides is 1. The van der Waals surface area contributed by atoms with Gasteiger partial charge in [0, 0.05) is 10.2 Å². The topological polar surface area (TPSA) is 71.3 Å². The summed E-state index contributed by atoms with van der Waals surface area (Å²) < 4.78 is 11.8. The van der Waals surface area contributed by atoms with Crippen LogP contribution >= 0.6 is 15.9 Å². The molecule has 3 aromatic rings. The lowest BCUT2D eigenvalue weighted by Crippen LogP contribution is -2.13. The van der Waals surface area contributed by atoms with Gasteiger partial charge in [-0.15, -0.1) is 0 Å². The average Bonchev–Trinajstić information content (AvgIpc) is 2.81. The number of nitriles is 1. The van der Waals surface area contributed by atoms with Gasteiger partial charge >= 0.3 is 0 Å². The van der Waals surface area contributed by atoms with Crippen LogP contribution in [0, 0.1) is 11.3 Å². The number of anilines is 1. The Hall–Kier alpha value is -3.56. The lowest BCUT2D eigenvalue weighted by Gasteiger charge is -2.11. The van der Waals surface area contributed by atoms with Crippen LogP contribution in [-0.4, -0.2) is 19.6 Å². The Morgan fingerprint density at radius 3 is 2.44 bits per heavy atom. The number of ether oxygens (including phenoxy) is 2. The molecular weight excluding hydrogens is 468 g/mol. The molecule has 3 aromatic carbocycles. The molecule has 0 saturated heterocycles. The molecule has 0 aliphatic rings. The molecule has 0 aliphatic heterocycles. The van der Waals surface area contributed by atoms with E-state index in [2.05, 4.69) is 21.2 Å². The quantitative estimate of drug-likeness (QED) is 0.310. The van der Waals surface area contributed by atoms with Crippen molar-refractivity contribution in [3.63, 3.8) is 0 Å². The van der Waals surface area contributed by atoms with E-state index < -0.39 is 5.91 Å². The predicted molar refractivity (Wildman–Crippen MR) is 130 cm³/mol. The van der Waals surface area contributed by atoms with Gasteiger partial charge in [-0.3, -0.25) is 4.79 Å². The number of hydrogen-bond donors (Lipinski definition) is 1. The highest BCUT2D eigenvalue weighted by molar-refractivity contribution is 9.10. The molecule has 0 atom stereocenters. The second kappa shape index (κ2) is 11.2. The van der Waals surface area contributed by atoms with E-state index in [0.717, 1.165) is 26.9 Å². The molecule has 0 saturated carbocycles. The molecule has 1 amide bonds. The van der Waals surface area contributed by atoms with E-state index in [-0.39, 0.29) is 5.57 Å². The number of benzene rings is 3. The van der Waals surface area contributed by atoms with Gasteiger partial charge in [0.25, 0.3) is 5.91 Å². The second-order valence-electron chi connectivity index (χ2n) is 6.91. The zero-order valence-corrected chi connectivity index (χ0v) is 19.5. The summed E-state index contributed by atoms with van der Waals surface area (Å²) in [6.45, 7) is 2.47. The maximum absolute atomic E-state index is 12.7. The van der Waals surface area contributed by atoms with Crippen molar-refractivity contribution in [2.24, 2.45) is 0 Å². The molecule has 0 aliphatic carbocycles. The Balaban J connectivity index is 1.88. The van der Waals surface area contributed by atoms with Crippen molar-refractivity contribution in [1.82, 2.24) is 0 Å². The molecule has 0 spiro atoms. The van der Waals surface area contributed by atoms with E-state index in [1.165, 1.54) is 0 Å². The average molecular weight is 491 g/mol. The van der Waals surface area contributed by atoms with E-state index in [4.69, 9.17) is 9.47 Å². The van der Waals surface area contributed by atoms with Gasteiger partial charge < -0.3 is 14.8 Å². The highest BCUT2D eigenvalue weighted by Gasteiger charge is 2.13. The van der Waals surface area contributed by atoms with Gasteiger partial charge in [0.1, 0.15) is 23.1 Å². The fourth-order valence-corrected chi connectivity index (χ4v) is 3.58. The van der Waals surface area contributed by atoms with Crippen LogP contribution in [0.4, 0.5) is 5.69 Å². The number of methoxy groups -OCH3 is 1. The minimum absolute atomic E-state index is 0.0115. The summed E-state index contributed by atoms with van der Waals surface area (Å²) in [5.41, 5.74) is 3.41. The summed E-state index contributed by atoms with van der Waals surface area (Å²) >= 11 is 3.58. The molecule has 5 nitrogen and oxygen atoms in total. The first-order valence-electron chi connectivity index (χ1n) is 10.1. The van der Waals surface area contributed by atoms with Crippen molar-refractivity contribution < 1.29 is 14.3 Å². The van der Waals surface area contributed by atoms with Crippen LogP contribution in [0.15, 0.2) is 76.8 Å². The molecule has 32 heavy (non-hydrogen) atoms. The molecule has 0 bridgehead atoms. The standard InChI is InChI=1S/C26H23BrN2O3/c1-3-32-23-12-9-22(10-13-23)29-26(30)21(17-28)14-18-8-11-24(31-2)16-20(18)15-19-6-4-5-7-25(19)27/h4-14,16H,3,15H2,1-2H3,(H,29,30)/b21-14+. The van der Waals surface area contributed by atoms with Gasteiger partial charge in [0.15, 0.2) is 0 Å². The summed E-state index contributed by atoms with van der Waals surface area (Å²) in [6, 6.07) is 22.6. The molecular formula is C26H23BrN2O3. The summed E-state index contributed by atoms with van der Waals surface area (Å²) in [6.07, 6.45) is 2.22. The highest BCUT2D eigenvalue weighted by Crippen LogP contribution is 2.26. The summed E-state index contributed by atoms with van der Waals surface area (Å²) in [7, 11) is 1.61. The van der Waals surface area contributed by atoms with Crippen molar-refractivity contribution in [2.45, 2.75) is 13.3 Å². The molecule has 0 aromatic heterocycles. The van der Waals surface area contributed by atoms with Crippen LogP contribution < -0.4 is 14.8 Å². The molecule has 3 rings (SSSR count). The van der Waals surface area contributed by atoms with E-state index >= 15 is 0 Å². The van der Waals surface area contributed by atoms with Crippen molar-refractivity contribution in [1.29, 1.82) is 5.26 Å². The number of halogens is 1. The molecule has 0 heterocycles. The molecule has 0 unspecified atom stereocenters. The van der Waals surface area contributed by atoms with Crippen LogP contribution in [0.3, 0.4) is 0 Å².